The summed E-state index contributed by atoms with van der Waals surface area (Å²) in [6.07, 6.45) is 1.18. The summed E-state index contributed by atoms with van der Waals surface area (Å²) in [7, 11) is 0. The third-order valence-electron chi connectivity index (χ3n) is 2.98. The highest BCUT2D eigenvalue weighted by Gasteiger charge is 2.16. The first-order valence-corrected chi connectivity index (χ1v) is 6.07. The maximum Gasteiger partial charge on any atom is 0.274 e. The maximum absolute atomic E-state index is 13.0. The minimum absolute atomic E-state index is 0.0863. The smallest absolute Gasteiger partial charge is 0.274 e. The molecule has 0 aliphatic carbocycles. The number of nitro benzene ring substituents is 1. The van der Waals surface area contributed by atoms with Crippen molar-refractivity contribution in [2.45, 2.75) is 13.8 Å². The predicted molar refractivity (Wildman–Crippen MR) is 74.7 cm³/mol. The van der Waals surface area contributed by atoms with Gasteiger partial charge in [-0.15, -0.1) is 0 Å². The lowest BCUT2D eigenvalue weighted by molar-refractivity contribution is -0.385. The molecule has 21 heavy (non-hydrogen) atoms. The Morgan fingerprint density at radius 1 is 1.29 bits per heavy atom. The van der Waals surface area contributed by atoms with Crippen LogP contribution in [-0.2, 0) is 0 Å². The zero-order valence-corrected chi connectivity index (χ0v) is 11.4. The molecule has 108 valence electrons. The van der Waals surface area contributed by atoms with E-state index in [2.05, 4.69) is 10.3 Å². The number of carbonyl (C=O) groups excluding carboxylic acids is 1. The SMILES string of the molecule is Cc1cc(C)c([N+](=O)[O-])cc1NC(=O)c1ccnc(F)c1. The van der Waals surface area contributed by atoms with Crippen LogP contribution in [0.3, 0.4) is 0 Å². The molecule has 0 fully saturated rings. The molecule has 0 radical (unpaired) electrons. The summed E-state index contributed by atoms with van der Waals surface area (Å²) in [5.74, 6) is -1.33. The van der Waals surface area contributed by atoms with Gasteiger partial charge in [0.15, 0.2) is 0 Å². The van der Waals surface area contributed by atoms with E-state index in [9.17, 15) is 19.3 Å². The van der Waals surface area contributed by atoms with Crippen molar-refractivity contribution in [3.8, 4) is 0 Å². The summed E-state index contributed by atoms with van der Waals surface area (Å²) >= 11 is 0. The number of halogens is 1. The standard InChI is InChI=1S/C14H12FN3O3/c1-8-5-9(2)12(18(20)21)7-11(8)17-14(19)10-3-4-16-13(15)6-10/h3-7H,1-2H3,(H,17,19). The van der Waals surface area contributed by atoms with Crippen molar-refractivity contribution in [3.05, 3.63) is 63.2 Å². The van der Waals surface area contributed by atoms with Gasteiger partial charge in [0.2, 0.25) is 5.95 Å². The fourth-order valence-electron chi connectivity index (χ4n) is 1.91. The average molecular weight is 289 g/mol. The van der Waals surface area contributed by atoms with Crippen molar-refractivity contribution in [3.63, 3.8) is 0 Å². The van der Waals surface area contributed by atoms with E-state index in [1.165, 1.54) is 18.3 Å². The lowest BCUT2D eigenvalue weighted by Gasteiger charge is -2.09. The lowest BCUT2D eigenvalue weighted by Crippen LogP contribution is -2.13. The van der Waals surface area contributed by atoms with E-state index in [4.69, 9.17) is 0 Å². The Morgan fingerprint density at radius 2 is 2.00 bits per heavy atom. The van der Waals surface area contributed by atoms with Gasteiger partial charge in [0, 0.05) is 29.5 Å². The first kappa shape index (κ1) is 14.6. The highest BCUT2D eigenvalue weighted by Crippen LogP contribution is 2.26. The number of benzene rings is 1. The summed E-state index contributed by atoms with van der Waals surface area (Å²) in [5.41, 5.74) is 1.50. The van der Waals surface area contributed by atoms with E-state index < -0.39 is 16.8 Å². The Morgan fingerprint density at radius 3 is 2.62 bits per heavy atom. The molecule has 7 heteroatoms. The highest BCUT2D eigenvalue weighted by atomic mass is 19.1. The van der Waals surface area contributed by atoms with Crippen molar-refractivity contribution >= 4 is 17.3 Å². The number of pyridine rings is 1. The number of aromatic nitrogens is 1. The van der Waals surface area contributed by atoms with E-state index in [1.807, 2.05) is 0 Å². The Bertz CT molecular complexity index is 731. The van der Waals surface area contributed by atoms with Gasteiger partial charge in [-0.2, -0.15) is 4.39 Å². The molecule has 1 aromatic carbocycles. The van der Waals surface area contributed by atoms with Crippen LogP contribution in [0.2, 0.25) is 0 Å². The Hall–Kier alpha value is -2.83. The van der Waals surface area contributed by atoms with Crippen molar-refractivity contribution < 1.29 is 14.1 Å². The maximum atomic E-state index is 13.0. The second-order valence-corrected chi connectivity index (χ2v) is 4.53. The molecule has 1 N–H and O–H groups in total. The molecular formula is C14H12FN3O3. The Balaban J connectivity index is 2.33. The molecule has 1 amide bonds. The first-order valence-electron chi connectivity index (χ1n) is 6.07. The van der Waals surface area contributed by atoms with E-state index in [-0.39, 0.29) is 11.3 Å². The Kier molecular flexibility index (Phi) is 3.93. The van der Waals surface area contributed by atoms with Crippen molar-refractivity contribution in [1.82, 2.24) is 4.98 Å². The lowest BCUT2D eigenvalue weighted by atomic mass is 10.1. The van der Waals surface area contributed by atoms with Gasteiger partial charge in [-0.25, -0.2) is 4.98 Å². The number of carbonyl (C=O) groups is 1. The van der Waals surface area contributed by atoms with Crippen LogP contribution in [-0.4, -0.2) is 15.8 Å². The molecule has 2 aromatic rings. The predicted octanol–water partition coefficient (Wildman–Crippen LogP) is 3.00. The van der Waals surface area contributed by atoms with Gasteiger partial charge in [0.25, 0.3) is 11.6 Å². The fraction of sp³-hybridized carbons (Fsp3) is 0.143. The normalized spacial score (nSPS) is 10.2. The van der Waals surface area contributed by atoms with Crippen LogP contribution in [0, 0.1) is 29.9 Å². The molecule has 0 aliphatic heterocycles. The molecular weight excluding hydrogens is 277 g/mol. The van der Waals surface area contributed by atoms with Gasteiger partial charge in [0.05, 0.1) is 10.6 Å². The summed E-state index contributed by atoms with van der Waals surface area (Å²) in [4.78, 5) is 25.8. The van der Waals surface area contributed by atoms with E-state index in [0.29, 0.717) is 16.8 Å². The van der Waals surface area contributed by atoms with Crippen molar-refractivity contribution in [2.75, 3.05) is 5.32 Å². The average Bonchev–Trinajstić information content (AvgIpc) is 2.41. The summed E-state index contributed by atoms with van der Waals surface area (Å²) < 4.78 is 13.0. The van der Waals surface area contributed by atoms with Crippen LogP contribution in [0.4, 0.5) is 15.8 Å². The molecule has 0 bridgehead atoms. The van der Waals surface area contributed by atoms with Gasteiger partial charge in [-0.3, -0.25) is 14.9 Å². The van der Waals surface area contributed by atoms with E-state index >= 15 is 0 Å². The van der Waals surface area contributed by atoms with Crippen molar-refractivity contribution in [1.29, 1.82) is 0 Å². The largest absolute Gasteiger partial charge is 0.321 e. The quantitative estimate of drug-likeness (QED) is 0.534. The second-order valence-electron chi connectivity index (χ2n) is 4.53. The molecule has 6 nitrogen and oxygen atoms in total. The summed E-state index contributed by atoms with van der Waals surface area (Å²) in [6.45, 7) is 3.34. The number of nitrogens with zero attached hydrogens (tertiary/aromatic N) is 2. The number of aryl methyl sites for hydroxylation is 2. The van der Waals surface area contributed by atoms with Gasteiger partial charge in [-0.05, 0) is 31.5 Å². The van der Waals surface area contributed by atoms with E-state index in [0.717, 1.165) is 6.07 Å². The van der Waals surface area contributed by atoms with Crippen LogP contribution in [0.5, 0.6) is 0 Å². The minimum atomic E-state index is -0.769. The van der Waals surface area contributed by atoms with Gasteiger partial charge >= 0.3 is 0 Å². The van der Waals surface area contributed by atoms with Crippen LogP contribution in [0.15, 0.2) is 30.5 Å². The molecule has 0 unspecified atom stereocenters. The highest BCUT2D eigenvalue weighted by molar-refractivity contribution is 6.04. The number of nitro groups is 1. The number of nitrogens with one attached hydrogen (secondary N) is 1. The third-order valence-corrected chi connectivity index (χ3v) is 2.98. The van der Waals surface area contributed by atoms with Gasteiger partial charge in [-0.1, -0.05) is 0 Å². The molecule has 0 spiro atoms. The minimum Gasteiger partial charge on any atom is -0.321 e. The monoisotopic (exact) mass is 289 g/mol. The number of hydrogen-bond donors (Lipinski definition) is 1. The third kappa shape index (κ3) is 3.19. The molecule has 0 atom stereocenters. The molecule has 0 saturated carbocycles. The second kappa shape index (κ2) is 5.66. The van der Waals surface area contributed by atoms with Crippen LogP contribution in [0.1, 0.15) is 21.5 Å². The zero-order chi connectivity index (χ0) is 15.6. The topological polar surface area (TPSA) is 85.1 Å². The van der Waals surface area contributed by atoms with Crippen LogP contribution in [0.25, 0.3) is 0 Å². The Labute approximate surface area is 119 Å². The first-order chi connectivity index (χ1) is 9.88. The molecule has 1 heterocycles. The van der Waals surface area contributed by atoms with Crippen LogP contribution < -0.4 is 5.32 Å². The van der Waals surface area contributed by atoms with Crippen LogP contribution >= 0.6 is 0 Å². The van der Waals surface area contributed by atoms with Crippen molar-refractivity contribution in [2.24, 2.45) is 0 Å². The van der Waals surface area contributed by atoms with E-state index in [1.54, 1.807) is 19.9 Å². The number of amides is 1. The molecule has 0 saturated heterocycles. The molecule has 0 aliphatic rings. The zero-order valence-electron chi connectivity index (χ0n) is 11.4. The number of hydrogen-bond acceptors (Lipinski definition) is 4. The molecule has 1 aromatic heterocycles. The fourth-order valence-corrected chi connectivity index (χ4v) is 1.91. The van der Waals surface area contributed by atoms with Gasteiger partial charge in [0.1, 0.15) is 0 Å². The summed E-state index contributed by atoms with van der Waals surface area (Å²) in [6, 6.07) is 5.25. The molecule has 2 rings (SSSR count). The number of anilines is 1. The summed E-state index contributed by atoms with van der Waals surface area (Å²) in [5, 5.41) is 13.5. The van der Waals surface area contributed by atoms with Gasteiger partial charge < -0.3 is 5.32 Å². The number of rotatable bonds is 3.